The first kappa shape index (κ1) is 14.2. The highest BCUT2D eigenvalue weighted by Gasteiger charge is 2.19. The number of hydrogen-bond acceptors (Lipinski definition) is 3. The smallest absolute Gasteiger partial charge is 0.311 e. The fraction of sp³-hybridized carbons (Fsp3) is 0.400. The van der Waals surface area contributed by atoms with Crippen molar-refractivity contribution in [3.8, 4) is 0 Å². The van der Waals surface area contributed by atoms with Crippen LogP contribution in [-0.4, -0.2) is 17.6 Å². The van der Waals surface area contributed by atoms with Crippen LogP contribution in [-0.2, 0) is 16.0 Å². The van der Waals surface area contributed by atoms with Crippen LogP contribution in [0, 0.1) is 9.52 Å². The van der Waals surface area contributed by atoms with Crippen LogP contribution in [0.3, 0.4) is 0 Å². The standard InChI is InChI=1S/C10H9F3INO2/c1-2-17-8(16)4-7-6(14)3-5(9(11)12)10(13)15-7/h3,9H,2,4H2,1H3. The van der Waals surface area contributed by atoms with Crippen LogP contribution in [0.25, 0.3) is 0 Å². The van der Waals surface area contributed by atoms with E-state index < -0.39 is 23.9 Å². The summed E-state index contributed by atoms with van der Waals surface area (Å²) >= 11 is 1.73. The predicted molar refractivity (Wildman–Crippen MR) is 62.2 cm³/mol. The van der Waals surface area contributed by atoms with Crippen molar-refractivity contribution in [2.45, 2.75) is 19.8 Å². The summed E-state index contributed by atoms with van der Waals surface area (Å²) in [6, 6.07) is 0.988. The highest BCUT2D eigenvalue weighted by Crippen LogP contribution is 2.24. The van der Waals surface area contributed by atoms with Crippen molar-refractivity contribution in [2.24, 2.45) is 0 Å². The molecule has 0 aliphatic rings. The Labute approximate surface area is 110 Å². The lowest BCUT2D eigenvalue weighted by molar-refractivity contribution is -0.142. The number of aromatic nitrogens is 1. The van der Waals surface area contributed by atoms with Crippen LogP contribution in [0.2, 0.25) is 0 Å². The number of carbonyl (C=O) groups excluding carboxylic acids is 1. The van der Waals surface area contributed by atoms with Gasteiger partial charge in [-0.15, -0.1) is 0 Å². The van der Waals surface area contributed by atoms with Gasteiger partial charge in [0.1, 0.15) is 0 Å². The molecule has 1 aromatic heterocycles. The molecule has 0 unspecified atom stereocenters. The quantitative estimate of drug-likeness (QED) is 0.472. The number of rotatable bonds is 4. The molecule has 0 bridgehead atoms. The minimum absolute atomic E-state index is 0.103. The van der Waals surface area contributed by atoms with Crippen LogP contribution in [0.15, 0.2) is 6.07 Å². The van der Waals surface area contributed by atoms with Gasteiger partial charge in [-0.05, 0) is 35.6 Å². The largest absolute Gasteiger partial charge is 0.466 e. The van der Waals surface area contributed by atoms with Crippen molar-refractivity contribution in [3.63, 3.8) is 0 Å². The van der Waals surface area contributed by atoms with Crippen molar-refractivity contribution in [1.82, 2.24) is 4.98 Å². The number of esters is 1. The number of halogens is 4. The van der Waals surface area contributed by atoms with E-state index in [2.05, 4.69) is 9.72 Å². The zero-order valence-electron chi connectivity index (χ0n) is 8.84. The summed E-state index contributed by atoms with van der Waals surface area (Å²) in [5.74, 6) is -1.82. The van der Waals surface area contributed by atoms with Gasteiger partial charge in [0.15, 0.2) is 0 Å². The molecule has 94 valence electrons. The minimum Gasteiger partial charge on any atom is -0.466 e. The summed E-state index contributed by atoms with van der Waals surface area (Å²) in [6.07, 6.45) is -3.15. The molecular weight excluding hydrogens is 350 g/mol. The second-order valence-corrected chi connectivity index (χ2v) is 4.24. The highest BCUT2D eigenvalue weighted by atomic mass is 127. The van der Waals surface area contributed by atoms with Crippen molar-refractivity contribution >= 4 is 28.6 Å². The lowest BCUT2D eigenvalue weighted by atomic mass is 10.2. The first-order valence-electron chi connectivity index (χ1n) is 4.74. The number of hydrogen-bond donors (Lipinski definition) is 0. The van der Waals surface area contributed by atoms with Gasteiger partial charge in [0, 0.05) is 3.57 Å². The van der Waals surface area contributed by atoms with E-state index in [0.717, 1.165) is 6.07 Å². The SMILES string of the molecule is CCOC(=O)Cc1nc(F)c(C(F)F)cc1I. The summed E-state index contributed by atoms with van der Waals surface area (Å²) in [6.45, 7) is 1.84. The van der Waals surface area contributed by atoms with Crippen molar-refractivity contribution < 1.29 is 22.7 Å². The first-order valence-corrected chi connectivity index (χ1v) is 5.82. The summed E-state index contributed by atoms with van der Waals surface area (Å²) in [5.41, 5.74) is -0.659. The molecule has 3 nitrogen and oxygen atoms in total. The first-order chi connectivity index (χ1) is 7.95. The Kier molecular flexibility index (Phi) is 5.16. The van der Waals surface area contributed by atoms with E-state index in [1.54, 1.807) is 29.5 Å². The Bertz CT molecular complexity index is 426. The van der Waals surface area contributed by atoms with Crippen molar-refractivity contribution in [3.05, 3.63) is 26.8 Å². The summed E-state index contributed by atoms with van der Waals surface area (Å²) < 4.78 is 42.8. The number of nitrogens with zero attached hydrogens (tertiary/aromatic N) is 1. The van der Waals surface area contributed by atoms with Crippen LogP contribution >= 0.6 is 22.6 Å². The van der Waals surface area contributed by atoms with E-state index in [0.29, 0.717) is 3.57 Å². The molecule has 0 saturated heterocycles. The fourth-order valence-electron chi connectivity index (χ4n) is 1.14. The van der Waals surface area contributed by atoms with Crippen LogP contribution < -0.4 is 0 Å². The van der Waals surface area contributed by atoms with Gasteiger partial charge >= 0.3 is 5.97 Å². The molecule has 0 N–H and O–H groups in total. The van der Waals surface area contributed by atoms with E-state index in [1.807, 2.05) is 0 Å². The molecule has 0 aliphatic heterocycles. The Morgan fingerprint density at radius 2 is 2.24 bits per heavy atom. The van der Waals surface area contributed by atoms with E-state index in [1.165, 1.54) is 0 Å². The number of alkyl halides is 2. The van der Waals surface area contributed by atoms with E-state index in [9.17, 15) is 18.0 Å². The molecule has 0 atom stereocenters. The van der Waals surface area contributed by atoms with Gasteiger partial charge in [-0.2, -0.15) is 4.39 Å². The Morgan fingerprint density at radius 1 is 1.59 bits per heavy atom. The summed E-state index contributed by atoms with van der Waals surface area (Å²) in [7, 11) is 0. The highest BCUT2D eigenvalue weighted by molar-refractivity contribution is 14.1. The molecule has 17 heavy (non-hydrogen) atoms. The molecule has 0 fully saturated rings. The van der Waals surface area contributed by atoms with Gasteiger partial charge in [-0.1, -0.05) is 0 Å². The molecule has 1 aromatic rings. The zero-order valence-corrected chi connectivity index (χ0v) is 11.0. The molecule has 0 spiro atoms. The Balaban J connectivity index is 2.95. The van der Waals surface area contributed by atoms with E-state index in [-0.39, 0.29) is 18.7 Å². The molecular formula is C10H9F3INO2. The lowest BCUT2D eigenvalue weighted by Crippen LogP contribution is -2.11. The average Bonchev–Trinajstić information content (AvgIpc) is 2.22. The molecule has 0 amide bonds. The monoisotopic (exact) mass is 359 g/mol. The molecule has 1 rings (SSSR count). The number of ether oxygens (including phenoxy) is 1. The van der Waals surface area contributed by atoms with Gasteiger partial charge < -0.3 is 4.74 Å². The second-order valence-electron chi connectivity index (χ2n) is 3.08. The third-order valence-electron chi connectivity index (χ3n) is 1.88. The third-order valence-corrected chi connectivity index (χ3v) is 2.82. The number of pyridine rings is 1. The zero-order chi connectivity index (χ0) is 13.0. The normalized spacial score (nSPS) is 10.7. The van der Waals surface area contributed by atoms with Crippen LogP contribution in [0.1, 0.15) is 24.6 Å². The average molecular weight is 359 g/mol. The summed E-state index contributed by atoms with van der Waals surface area (Å²) in [4.78, 5) is 14.5. The molecule has 0 saturated carbocycles. The Hall–Kier alpha value is -0.860. The Morgan fingerprint density at radius 3 is 2.76 bits per heavy atom. The van der Waals surface area contributed by atoms with Gasteiger partial charge in [0.25, 0.3) is 6.43 Å². The summed E-state index contributed by atoms with van der Waals surface area (Å²) in [5, 5.41) is 0. The van der Waals surface area contributed by atoms with Crippen molar-refractivity contribution in [2.75, 3.05) is 6.61 Å². The molecule has 1 heterocycles. The minimum atomic E-state index is -2.92. The van der Waals surface area contributed by atoms with Crippen LogP contribution in [0.5, 0.6) is 0 Å². The van der Waals surface area contributed by atoms with Gasteiger partial charge in [-0.3, -0.25) is 4.79 Å². The van der Waals surface area contributed by atoms with Crippen molar-refractivity contribution in [1.29, 1.82) is 0 Å². The van der Waals surface area contributed by atoms with Gasteiger partial charge in [0.2, 0.25) is 5.95 Å². The maximum absolute atomic E-state index is 13.2. The maximum Gasteiger partial charge on any atom is 0.311 e. The molecule has 7 heteroatoms. The second kappa shape index (κ2) is 6.18. The topological polar surface area (TPSA) is 39.2 Å². The number of carbonyl (C=O) groups is 1. The molecule has 0 aromatic carbocycles. The molecule has 0 radical (unpaired) electrons. The fourth-order valence-corrected chi connectivity index (χ4v) is 1.79. The molecule has 0 aliphatic carbocycles. The van der Waals surface area contributed by atoms with E-state index >= 15 is 0 Å². The van der Waals surface area contributed by atoms with Gasteiger partial charge in [0.05, 0.1) is 24.3 Å². The third kappa shape index (κ3) is 3.83. The maximum atomic E-state index is 13.2. The van der Waals surface area contributed by atoms with Gasteiger partial charge in [-0.25, -0.2) is 13.8 Å². The lowest BCUT2D eigenvalue weighted by Gasteiger charge is -2.07. The predicted octanol–water partition coefficient (Wildman–Crippen LogP) is 2.87. The van der Waals surface area contributed by atoms with Crippen LogP contribution in [0.4, 0.5) is 13.2 Å². The van der Waals surface area contributed by atoms with E-state index in [4.69, 9.17) is 0 Å².